The average Bonchev–Trinajstić information content (AvgIpc) is 3.33. The van der Waals surface area contributed by atoms with Crippen molar-refractivity contribution < 1.29 is 9.53 Å². The predicted octanol–water partition coefficient (Wildman–Crippen LogP) is 4.90. The molecule has 1 aliphatic rings. The quantitative estimate of drug-likeness (QED) is 0.573. The summed E-state index contributed by atoms with van der Waals surface area (Å²) in [5.74, 6) is 0.427. The fourth-order valence-electron chi connectivity index (χ4n) is 3.80. The van der Waals surface area contributed by atoms with Crippen molar-refractivity contribution in [1.82, 2.24) is 15.2 Å². The van der Waals surface area contributed by atoms with Gasteiger partial charge in [0, 0.05) is 35.9 Å². The number of hydrogen-bond donors (Lipinski definition) is 1. The normalized spacial score (nSPS) is 13.9. The summed E-state index contributed by atoms with van der Waals surface area (Å²) >= 11 is 5.97. The minimum atomic E-state index is -0.171. The van der Waals surface area contributed by atoms with Crippen molar-refractivity contribution in [3.63, 3.8) is 0 Å². The molecule has 31 heavy (non-hydrogen) atoms. The number of benzene rings is 2. The summed E-state index contributed by atoms with van der Waals surface area (Å²) in [6.07, 6.45) is 4.34. The van der Waals surface area contributed by atoms with E-state index in [1.54, 1.807) is 7.05 Å². The maximum absolute atomic E-state index is 12.5. The molecule has 1 fully saturated rings. The maximum Gasteiger partial charge on any atom is 0.254 e. The molecular formula is C25H26ClN3O2. The van der Waals surface area contributed by atoms with Gasteiger partial charge >= 0.3 is 0 Å². The number of aromatic nitrogens is 1. The molecule has 2 aromatic carbocycles. The van der Waals surface area contributed by atoms with Gasteiger partial charge in [-0.1, -0.05) is 29.8 Å². The monoisotopic (exact) mass is 435 g/mol. The Morgan fingerprint density at radius 1 is 1.03 bits per heavy atom. The number of likely N-dealkylation sites (tertiary alicyclic amines) is 1. The Hall–Kier alpha value is -2.89. The molecule has 3 aromatic rings. The predicted molar refractivity (Wildman–Crippen MR) is 125 cm³/mol. The molecule has 0 radical (unpaired) electrons. The van der Waals surface area contributed by atoms with Crippen LogP contribution in [-0.4, -0.2) is 49.1 Å². The van der Waals surface area contributed by atoms with Crippen LogP contribution in [0.25, 0.3) is 22.4 Å². The zero-order valence-electron chi connectivity index (χ0n) is 17.6. The molecule has 4 rings (SSSR count). The summed E-state index contributed by atoms with van der Waals surface area (Å²) in [6, 6.07) is 17.3. The van der Waals surface area contributed by atoms with E-state index in [1.807, 2.05) is 60.8 Å². The number of rotatable bonds is 7. The first kappa shape index (κ1) is 21.3. The van der Waals surface area contributed by atoms with E-state index in [4.69, 9.17) is 16.3 Å². The topological polar surface area (TPSA) is 54.5 Å². The van der Waals surface area contributed by atoms with E-state index < -0.39 is 0 Å². The highest BCUT2D eigenvalue weighted by atomic mass is 35.5. The van der Waals surface area contributed by atoms with Gasteiger partial charge in [-0.3, -0.25) is 14.7 Å². The van der Waals surface area contributed by atoms with Gasteiger partial charge in [0.1, 0.15) is 12.4 Å². The third-order valence-corrected chi connectivity index (χ3v) is 5.80. The maximum atomic E-state index is 12.5. The summed E-state index contributed by atoms with van der Waals surface area (Å²) in [5, 5.41) is 3.41. The molecule has 0 atom stereocenters. The fourth-order valence-corrected chi connectivity index (χ4v) is 3.92. The van der Waals surface area contributed by atoms with Crippen LogP contribution in [0.2, 0.25) is 5.02 Å². The highest BCUT2D eigenvalue weighted by Gasteiger charge is 2.15. The van der Waals surface area contributed by atoms with Crippen LogP contribution in [0.3, 0.4) is 0 Å². The Bertz CT molecular complexity index is 1030. The average molecular weight is 436 g/mol. The Morgan fingerprint density at radius 3 is 2.42 bits per heavy atom. The van der Waals surface area contributed by atoms with Crippen molar-refractivity contribution in [2.75, 3.05) is 33.3 Å². The Morgan fingerprint density at radius 2 is 1.74 bits per heavy atom. The molecule has 1 aliphatic heterocycles. The first-order chi connectivity index (χ1) is 15.1. The van der Waals surface area contributed by atoms with Crippen LogP contribution in [0.5, 0.6) is 5.75 Å². The van der Waals surface area contributed by atoms with Gasteiger partial charge in [0.25, 0.3) is 5.91 Å². The van der Waals surface area contributed by atoms with E-state index in [2.05, 4.69) is 15.2 Å². The van der Waals surface area contributed by atoms with E-state index in [1.165, 1.54) is 12.8 Å². The Labute approximate surface area is 188 Å². The van der Waals surface area contributed by atoms with Crippen molar-refractivity contribution in [2.45, 2.75) is 12.8 Å². The van der Waals surface area contributed by atoms with Gasteiger partial charge < -0.3 is 10.1 Å². The van der Waals surface area contributed by atoms with Crippen LogP contribution in [-0.2, 0) is 0 Å². The molecule has 0 spiro atoms. The van der Waals surface area contributed by atoms with Crippen LogP contribution in [0.15, 0.2) is 60.8 Å². The van der Waals surface area contributed by atoms with Gasteiger partial charge in [-0.15, -0.1) is 0 Å². The van der Waals surface area contributed by atoms with Gasteiger partial charge in [0.05, 0.1) is 11.3 Å². The fraction of sp³-hybridized carbons (Fsp3) is 0.280. The molecule has 2 heterocycles. The number of nitrogens with one attached hydrogen (secondary N) is 1. The SMILES string of the molecule is CNC(=O)c1cc(-c2ccc(-c3ccc(Cl)cc3)cn2)ccc1OCCN1CCCC1. The molecule has 160 valence electrons. The lowest BCUT2D eigenvalue weighted by Gasteiger charge is -2.17. The van der Waals surface area contributed by atoms with E-state index in [0.29, 0.717) is 22.9 Å². The van der Waals surface area contributed by atoms with Crippen LogP contribution in [0, 0.1) is 0 Å². The minimum Gasteiger partial charge on any atom is -0.491 e. The van der Waals surface area contributed by atoms with Crippen LogP contribution < -0.4 is 10.1 Å². The van der Waals surface area contributed by atoms with Gasteiger partial charge in [-0.2, -0.15) is 0 Å². The molecule has 0 aliphatic carbocycles. The zero-order valence-corrected chi connectivity index (χ0v) is 18.4. The van der Waals surface area contributed by atoms with Crippen molar-refractivity contribution in [1.29, 1.82) is 0 Å². The largest absolute Gasteiger partial charge is 0.491 e. The number of carbonyl (C=O) groups is 1. The second-order valence-electron chi connectivity index (χ2n) is 7.63. The van der Waals surface area contributed by atoms with Crippen LogP contribution in [0.4, 0.5) is 0 Å². The summed E-state index contributed by atoms with van der Waals surface area (Å²) in [5.41, 5.74) is 4.25. The van der Waals surface area contributed by atoms with Crippen molar-refractivity contribution in [3.8, 4) is 28.1 Å². The molecule has 1 aromatic heterocycles. The number of nitrogens with zero attached hydrogens (tertiary/aromatic N) is 2. The summed E-state index contributed by atoms with van der Waals surface area (Å²) < 4.78 is 5.97. The van der Waals surface area contributed by atoms with Crippen LogP contribution in [0.1, 0.15) is 23.2 Å². The molecule has 0 saturated carbocycles. The van der Waals surface area contributed by atoms with E-state index in [9.17, 15) is 4.79 Å². The van der Waals surface area contributed by atoms with Gasteiger partial charge in [-0.05, 0) is 67.9 Å². The molecule has 0 bridgehead atoms. The molecule has 1 saturated heterocycles. The summed E-state index contributed by atoms with van der Waals surface area (Å²) in [7, 11) is 1.63. The number of carbonyl (C=O) groups excluding carboxylic acids is 1. The second kappa shape index (κ2) is 9.94. The highest BCUT2D eigenvalue weighted by Crippen LogP contribution is 2.28. The van der Waals surface area contributed by atoms with Crippen molar-refractivity contribution in [3.05, 3.63) is 71.4 Å². The smallest absolute Gasteiger partial charge is 0.254 e. The number of ether oxygens (including phenoxy) is 1. The minimum absolute atomic E-state index is 0.171. The van der Waals surface area contributed by atoms with Crippen molar-refractivity contribution >= 4 is 17.5 Å². The van der Waals surface area contributed by atoms with Crippen LogP contribution >= 0.6 is 11.6 Å². The lowest BCUT2D eigenvalue weighted by molar-refractivity contribution is 0.0958. The number of halogens is 1. The van der Waals surface area contributed by atoms with Gasteiger partial charge in [0.2, 0.25) is 0 Å². The number of amides is 1. The van der Waals surface area contributed by atoms with E-state index in [-0.39, 0.29) is 5.91 Å². The number of hydrogen-bond acceptors (Lipinski definition) is 4. The Kier molecular flexibility index (Phi) is 6.85. The lowest BCUT2D eigenvalue weighted by Crippen LogP contribution is -2.26. The van der Waals surface area contributed by atoms with Gasteiger partial charge in [-0.25, -0.2) is 0 Å². The molecule has 5 nitrogen and oxygen atoms in total. The molecule has 0 unspecified atom stereocenters. The Balaban J connectivity index is 1.52. The standard InChI is InChI=1S/C25H26ClN3O2/c1-27-25(30)22-16-19(7-11-24(22)31-15-14-29-12-2-3-13-29)23-10-6-20(17-28-23)18-4-8-21(26)9-5-18/h4-11,16-17H,2-3,12-15H2,1H3,(H,27,30). The second-order valence-corrected chi connectivity index (χ2v) is 8.06. The third-order valence-electron chi connectivity index (χ3n) is 5.55. The highest BCUT2D eigenvalue weighted by molar-refractivity contribution is 6.30. The van der Waals surface area contributed by atoms with Crippen molar-refractivity contribution in [2.24, 2.45) is 0 Å². The molecule has 1 N–H and O–H groups in total. The van der Waals surface area contributed by atoms with E-state index >= 15 is 0 Å². The zero-order chi connectivity index (χ0) is 21.6. The third kappa shape index (κ3) is 5.24. The lowest BCUT2D eigenvalue weighted by atomic mass is 10.0. The molecule has 1 amide bonds. The van der Waals surface area contributed by atoms with Gasteiger partial charge in [0.15, 0.2) is 0 Å². The summed E-state index contributed by atoms with van der Waals surface area (Å²) in [6.45, 7) is 3.70. The number of pyridine rings is 1. The molecular weight excluding hydrogens is 410 g/mol. The first-order valence-electron chi connectivity index (χ1n) is 10.6. The van der Waals surface area contributed by atoms with E-state index in [0.717, 1.165) is 42.0 Å². The first-order valence-corrected chi connectivity index (χ1v) is 11.0. The summed E-state index contributed by atoms with van der Waals surface area (Å²) in [4.78, 5) is 19.5. The molecule has 6 heteroatoms.